The van der Waals surface area contributed by atoms with Crippen LogP contribution in [0.15, 0.2) is 11.0 Å². The van der Waals surface area contributed by atoms with Gasteiger partial charge in [0.15, 0.2) is 6.23 Å². The lowest BCUT2D eigenvalue weighted by Crippen LogP contribution is -2.36. The van der Waals surface area contributed by atoms with Gasteiger partial charge in [0, 0.05) is 0 Å². The molecule has 1 aromatic heterocycles. The van der Waals surface area contributed by atoms with E-state index in [1.165, 1.54) is 6.92 Å². The first-order valence-corrected chi connectivity index (χ1v) is 5.59. The Hall–Kier alpha value is -2.04. The molecule has 20 heavy (non-hydrogen) atoms. The molecule has 0 spiro atoms. The van der Waals surface area contributed by atoms with Gasteiger partial charge in [0.1, 0.15) is 12.2 Å². The smallest absolute Gasteiger partial charge is 0.388 e. The molecule has 0 radical (unpaired) electrons. The maximum absolute atomic E-state index is 13.6. The summed E-state index contributed by atoms with van der Waals surface area (Å²) in [5, 5.41) is 19.3. The Bertz CT molecular complexity index is 591. The van der Waals surface area contributed by atoms with Crippen LogP contribution >= 0.6 is 0 Å². The SMILES string of the molecule is C[C@H]1OC(n2cc(F)c(OC(N)=O)nc2=O)[C@H](O)[C@H]1O. The van der Waals surface area contributed by atoms with Crippen LogP contribution in [-0.2, 0) is 4.74 Å². The van der Waals surface area contributed by atoms with E-state index >= 15 is 0 Å². The highest BCUT2D eigenvalue weighted by Crippen LogP contribution is 2.28. The van der Waals surface area contributed by atoms with Crippen LogP contribution in [0.5, 0.6) is 5.88 Å². The average Bonchev–Trinajstić information content (AvgIpc) is 2.61. The molecule has 9 nitrogen and oxygen atoms in total. The summed E-state index contributed by atoms with van der Waals surface area (Å²) in [4.78, 5) is 25.4. The third-order valence-electron chi connectivity index (χ3n) is 2.82. The molecule has 1 aliphatic rings. The molecule has 0 aliphatic carbocycles. The minimum atomic E-state index is -1.42. The number of ether oxygens (including phenoxy) is 2. The zero-order valence-corrected chi connectivity index (χ0v) is 10.3. The number of aromatic nitrogens is 2. The molecule has 2 heterocycles. The number of nitrogens with two attached hydrogens (primary N) is 1. The molecule has 10 heteroatoms. The first-order valence-electron chi connectivity index (χ1n) is 5.59. The molecule has 0 saturated carbocycles. The number of carbonyl (C=O) groups excluding carboxylic acids is 1. The normalized spacial score (nSPS) is 29.4. The van der Waals surface area contributed by atoms with Crippen LogP contribution in [0.4, 0.5) is 9.18 Å². The predicted molar refractivity (Wildman–Crippen MR) is 60.3 cm³/mol. The number of aliphatic hydroxyl groups excluding tert-OH is 2. The maximum atomic E-state index is 13.6. The van der Waals surface area contributed by atoms with Crippen molar-refractivity contribution in [2.45, 2.75) is 31.5 Å². The molecule has 0 aromatic carbocycles. The molecule has 2 rings (SSSR count). The summed E-state index contributed by atoms with van der Waals surface area (Å²) in [6, 6.07) is 0. The van der Waals surface area contributed by atoms with Crippen molar-refractivity contribution in [3.63, 3.8) is 0 Å². The van der Waals surface area contributed by atoms with E-state index < -0.39 is 48.0 Å². The van der Waals surface area contributed by atoms with Crippen molar-refractivity contribution < 1.29 is 28.9 Å². The topological polar surface area (TPSA) is 137 Å². The number of aliphatic hydroxyl groups is 2. The molecule has 4 N–H and O–H groups in total. The zero-order chi connectivity index (χ0) is 15.0. The Morgan fingerprint density at radius 3 is 2.70 bits per heavy atom. The van der Waals surface area contributed by atoms with Gasteiger partial charge in [-0.3, -0.25) is 4.57 Å². The fourth-order valence-electron chi connectivity index (χ4n) is 1.84. The number of primary amides is 1. The highest BCUT2D eigenvalue weighted by atomic mass is 19.1. The Labute approximate surface area is 111 Å². The van der Waals surface area contributed by atoms with Crippen LogP contribution in [-0.4, -0.2) is 44.2 Å². The van der Waals surface area contributed by atoms with Gasteiger partial charge in [0.05, 0.1) is 12.3 Å². The van der Waals surface area contributed by atoms with E-state index in [4.69, 9.17) is 4.74 Å². The maximum Gasteiger partial charge on any atom is 0.411 e. The Balaban J connectivity index is 2.37. The van der Waals surface area contributed by atoms with Crippen LogP contribution in [0.1, 0.15) is 13.2 Å². The Morgan fingerprint density at radius 1 is 1.55 bits per heavy atom. The average molecular weight is 289 g/mol. The molecular formula is C10H12FN3O6. The highest BCUT2D eigenvalue weighted by Gasteiger charge is 2.42. The third kappa shape index (κ3) is 2.48. The monoisotopic (exact) mass is 289 g/mol. The summed E-state index contributed by atoms with van der Waals surface area (Å²) in [5.74, 6) is -2.02. The molecule has 1 saturated heterocycles. The Kier molecular flexibility index (Phi) is 3.70. The molecular weight excluding hydrogens is 277 g/mol. The van der Waals surface area contributed by atoms with Gasteiger partial charge in [0.2, 0.25) is 5.82 Å². The van der Waals surface area contributed by atoms with Crippen LogP contribution in [0, 0.1) is 5.82 Å². The van der Waals surface area contributed by atoms with Crippen LogP contribution in [0.25, 0.3) is 0 Å². The van der Waals surface area contributed by atoms with Crippen molar-refractivity contribution in [3.8, 4) is 5.88 Å². The van der Waals surface area contributed by atoms with Crippen molar-refractivity contribution in [3.05, 3.63) is 22.5 Å². The van der Waals surface area contributed by atoms with E-state index in [2.05, 4.69) is 15.5 Å². The van der Waals surface area contributed by atoms with Gasteiger partial charge in [-0.1, -0.05) is 0 Å². The summed E-state index contributed by atoms with van der Waals surface area (Å²) < 4.78 is 23.6. The number of rotatable bonds is 2. The summed E-state index contributed by atoms with van der Waals surface area (Å²) in [6.45, 7) is 1.48. The van der Waals surface area contributed by atoms with Crippen molar-refractivity contribution in [1.29, 1.82) is 0 Å². The Morgan fingerprint density at radius 2 is 2.20 bits per heavy atom. The van der Waals surface area contributed by atoms with Gasteiger partial charge in [-0.2, -0.15) is 9.37 Å². The van der Waals surface area contributed by atoms with Gasteiger partial charge in [-0.15, -0.1) is 0 Å². The van der Waals surface area contributed by atoms with Crippen molar-refractivity contribution in [2.75, 3.05) is 0 Å². The second-order valence-corrected chi connectivity index (χ2v) is 4.22. The summed E-state index contributed by atoms with van der Waals surface area (Å²) in [5.41, 5.74) is 3.65. The van der Waals surface area contributed by atoms with Crippen molar-refractivity contribution in [2.24, 2.45) is 5.73 Å². The lowest BCUT2D eigenvalue weighted by atomic mass is 10.1. The standard InChI is InChI=1S/C10H12FN3O6/c1-3-5(15)6(16)8(19-3)14-2-4(11)7(13-10(14)18)20-9(12)17/h2-3,5-6,8,15-16H,1H3,(H2,12,17)/t3-,5+,6-,8?/m1/s1. The van der Waals surface area contributed by atoms with E-state index in [9.17, 15) is 24.2 Å². The van der Waals surface area contributed by atoms with E-state index in [0.29, 0.717) is 10.8 Å². The van der Waals surface area contributed by atoms with Crippen LogP contribution < -0.4 is 16.2 Å². The van der Waals surface area contributed by atoms with E-state index in [1.54, 1.807) is 0 Å². The van der Waals surface area contributed by atoms with E-state index in [-0.39, 0.29) is 0 Å². The lowest BCUT2D eigenvalue weighted by molar-refractivity contribution is -0.0357. The molecule has 0 bridgehead atoms. The molecule has 1 unspecified atom stereocenters. The van der Waals surface area contributed by atoms with Gasteiger partial charge in [-0.05, 0) is 6.92 Å². The molecule has 1 amide bonds. The predicted octanol–water partition coefficient (Wildman–Crippen LogP) is -1.52. The van der Waals surface area contributed by atoms with E-state index in [0.717, 1.165) is 0 Å². The minimum absolute atomic E-state index is 0.645. The second kappa shape index (κ2) is 5.15. The molecule has 4 atom stereocenters. The quantitative estimate of drug-likeness (QED) is 0.601. The number of amides is 1. The molecule has 1 aliphatic heterocycles. The number of halogens is 1. The second-order valence-electron chi connectivity index (χ2n) is 4.22. The fourth-order valence-corrected chi connectivity index (χ4v) is 1.84. The number of hydrogen-bond donors (Lipinski definition) is 3. The van der Waals surface area contributed by atoms with Crippen LogP contribution in [0.3, 0.4) is 0 Å². The van der Waals surface area contributed by atoms with Gasteiger partial charge >= 0.3 is 11.8 Å². The summed E-state index contributed by atoms with van der Waals surface area (Å²) in [6.07, 6.45) is -5.37. The summed E-state index contributed by atoms with van der Waals surface area (Å²) in [7, 11) is 0. The summed E-state index contributed by atoms with van der Waals surface area (Å²) >= 11 is 0. The number of nitrogens with zero attached hydrogens (tertiary/aromatic N) is 2. The third-order valence-corrected chi connectivity index (χ3v) is 2.82. The van der Waals surface area contributed by atoms with E-state index in [1.807, 2.05) is 0 Å². The number of hydrogen-bond acceptors (Lipinski definition) is 7. The van der Waals surface area contributed by atoms with Gasteiger partial charge in [-0.25, -0.2) is 9.59 Å². The van der Waals surface area contributed by atoms with Gasteiger partial charge < -0.3 is 25.4 Å². The van der Waals surface area contributed by atoms with Crippen molar-refractivity contribution >= 4 is 6.09 Å². The van der Waals surface area contributed by atoms with Crippen molar-refractivity contribution in [1.82, 2.24) is 9.55 Å². The molecule has 110 valence electrons. The zero-order valence-electron chi connectivity index (χ0n) is 10.3. The molecule has 1 fully saturated rings. The lowest BCUT2D eigenvalue weighted by Gasteiger charge is -2.17. The fraction of sp³-hybridized carbons (Fsp3) is 0.500. The first-order chi connectivity index (χ1) is 9.31. The minimum Gasteiger partial charge on any atom is -0.388 e. The first kappa shape index (κ1) is 14.4. The van der Waals surface area contributed by atoms with Crippen LogP contribution in [0.2, 0.25) is 0 Å². The highest BCUT2D eigenvalue weighted by molar-refractivity contribution is 5.67. The molecule has 1 aromatic rings. The largest absolute Gasteiger partial charge is 0.411 e. The number of carbonyl (C=O) groups is 1. The van der Waals surface area contributed by atoms with Gasteiger partial charge in [0.25, 0.3) is 5.88 Å².